The summed E-state index contributed by atoms with van der Waals surface area (Å²) in [6.45, 7) is 21.6. The summed E-state index contributed by atoms with van der Waals surface area (Å²) >= 11 is 0. The Kier molecular flexibility index (Phi) is 22.5. The highest BCUT2D eigenvalue weighted by atomic mass is 16.5. The third kappa shape index (κ3) is 17.6. The summed E-state index contributed by atoms with van der Waals surface area (Å²) in [6, 6.07) is 36.2. The topological polar surface area (TPSA) is 279 Å². The number of pyridine rings is 6. The number of amides is 3. The molecule has 111 heavy (non-hydrogen) atoms. The summed E-state index contributed by atoms with van der Waals surface area (Å²) in [6.07, 6.45) is 29.9. The SMILES string of the molecule is CC1CCN(c2ccc(NC(=O)c3n[nH]c4ccc(-c5cncc(CN6CCCC6)c5)cc34)cn2)CC1.CC1CCN(c2ccc(NC(=O)c3n[nH]c4ccc(-c5cncc(N6CCCCC6)c5)cc34)cn2)CC1.CC1CCN(c2ccc(NC(=O)c3n[nH]c4ccc(-c5cncc(N6CCOCC6)c5)cc34)cn2)CC1. The zero-order chi connectivity index (χ0) is 75.6. The van der Waals surface area contributed by atoms with E-state index in [0.29, 0.717) is 34.1 Å². The van der Waals surface area contributed by atoms with Gasteiger partial charge < -0.3 is 45.2 Å². The number of carbonyl (C=O) groups is 3. The Morgan fingerprint density at radius 1 is 0.369 bits per heavy atom. The largest absolute Gasteiger partial charge is 0.378 e. The number of hydrogen-bond acceptors (Lipinski definition) is 19. The molecule has 0 radical (unpaired) electrons. The quantitative estimate of drug-likeness (QED) is 0.0524. The van der Waals surface area contributed by atoms with Gasteiger partial charge in [-0.3, -0.25) is 49.5 Å². The predicted octanol–water partition coefficient (Wildman–Crippen LogP) is 14.9. The van der Waals surface area contributed by atoms with Crippen LogP contribution in [0.2, 0.25) is 0 Å². The smallest absolute Gasteiger partial charge is 0.276 e. The van der Waals surface area contributed by atoms with Gasteiger partial charge in [-0.2, -0.15) is 15.3 Å². The second kappa shape index (κ2) is 34.1. The highest BCUT2D eigenvalue weighted by Crippen LogP contribution is 2.34. The van der Waals surface area contributed by atoms with Crippen molar-refractivity contribution in [3.05, 3.63) is 188 Å². The number of aromatic amines is 3. The van der Waals surface area contributed by atoms with Crippen LogP contribution >= 0.6 is 0 Å². The van der Waals surface area contributed by atoms with Crippen LogP contribution < -0.4 is 40.4 Å². The maximum absolute atomic E-state index is 13.2. The number of likely N-dealkylation sites (tertiary alicyclic amines) is 1. The minimum Gasteiger partial charge on any atom is -0.378 e. The Balaban J connectivity index is 0.000000126. The molecule has 25 nitrogen and oxygen atoms in total. The second-order valence-corrected chi connectivity index (χ2v) is 30.7. The van der Waals surface area contributed by atoms with E-state index < -0.39 is 0 Å². The van der Waals surface area contributed by atoms with Crippen molar-refractivity contribution in [2.75, 3.05) is 132 Å². The van der Waals surface area contributed by atoms with Gasteiger partial charge in [0.2, 0.25) is 0 Å². The molecule has 3 aromatic carbocycles. The Hall–Kier alpha value is -11.7. The molecule has 0 aliphatic carbocycles. The van der Waals surface area contributed by atoms with Gasteiger partial charge in [0.05, 0.1) is 89.2 Å². The minimum atomic E-state index is -0.273. The third-order valence-electron chi connectivity index (χ3n) is 22.6. The van der Waals surface area contributed by atoms with Crippen LogP contribution in [0.15, 0.2) is 165 Å². The molecule has 0 atom stereocenters. The number of benzene rings is 3. The maximum Gasteiger partial charge on any atom is 0.276 e. The van der Waals surface area contributed by atoms with Crippen molar-refractivity contribution < 1.29 is 19.1 Å². The van der Waals surface area contributed by atoms with Crippen molar-refractivity contribution in [1.29, 1.82) is 0 Å². The maximum atomic E-state index is 13.2. The van der Waals surface area contributed by atoms with E-state index in [1.165, 1.54) is 76.2 Å². The first-order valence-corrected chi connectivity index (χ1v) is 39.6. The van der Waals surface area contributed by atoms with E-state index in [4.69, 9.17) is 4.74 Å². The number of nitrogens with one attached hydrogen (secondary N) is 6. The third-order valence-corrected chi connectivity index (χ3v) is 22.6. The summed E-state index contributed by atoms with van der Waals surface area (Å²) in [5, 5.41) is 33.1. The van der Waals surface area contributed by atoms with Gasteiger partial charge in [-0.05, 0) is 215 Å². The molecule has 9 aromatic heterocycles. The number of morpholine rings is 1. The van der Waals surface area contributed by atoms with Crippen molar-refractivity contribution in [2.45, 2.75) is 97.9 Å². The normalized spacial score (nSPS) is 16.8. The van der Waals surface area contributed by atoms with Gasteiger partial charge in [-0.1, -0.05) is 39.0 Å². The fourth-order valence-corrected chi connectivity index (χ4v) is 15.7. The summed E-state index contributed by atoms with van der Waals surface area (Å²) in [4.78, 5) is 80.8. The monoisotopic (exact) mass is 1490 g/mol. The van der Waals surface area contributed by atoms with Crippen LogP contribution in [0.25, 0.3) is 66.1 Å². The number of ether oxygens (including phenoxy) is 1. The standard InChI is InChI=1S/2C29H33N7O.C28H31N7O2/c1-20-8-12-36(13-9-20)27-7-5-24(18-31-27)32-29(37)28-25-15-22(4-6-26(25)33-34-28)23-14-21(16-30-17-23)19-35-10-2-3-11-35;1-20-9-13-36(14-10-20)27-8-6-23(18-31-27)32-29(37)28-25-16-21(5-7-26(25)33-34-28)22-15-24(19-30-17-22)35-11-3-2-4-12-35;1-19-6-8-35(9-7-19)26-5-3-22(17-30-26)31-28(36)27-24-15-20(2-4-25(24)32-33-27)21-14-23(18-29-16-21)34-10-12-37-13-11-34/h4-7,14-18,20H,2-3,8-13,19H2,1H3,(H,32,37)(H,33,34);5-8,15-20H,2-4,9-14H2,1H3,(H,32,37)(H,33,34);2-5,14-19H,6-13H2,1H3,(H,31,36)(H,32,33). The summed E-state index contributed by atoms with van der Waals surface area (Å²) in [5.74, 6) is 4.39. The van der Waals surface area contributed by atoms with Gasteiger partial charge >= 0.3 is 0 Å². The van der Waals surface area contributed by atoms with Gasteiger partial charge in [0.1, 0.15) is 17.5 Å². The van der Waals surface area contributed by atoms with E-state index in [-0.39, 0.29) is 17.7 Å². The minimum absolute atomic E-state index is 0.259. The van der Waals surface area contributed by atoms with Crippen LogP contribution in [0.5, 0.6) is 0 Å². The first kappa shape index (κ1) is 73.4. The Morgan fingerprint density at radius 3 is 1.11 bits per heavy atom. The molecule has 12 aromatic rings. The predicted molar refractivity (Wildman–Crippen MR) is 440 cm³/mol. The number of piperidine rings is 4. The molecule has 6 aliphatic heterocycles. The van der Waals surface area contributed by atoms with Gasteiger partial charge in [0.15, 0.2) is 17.1 Å². The molecule has 6 aliphatic rings. The fraction of sp³-hybridized carbons (Fsp3) is 0.372. The number of hydrogen-bond donors (Lipinski definition) is 6. The van der Waals surface area contributed by atoms with Crippen molar-refractivity contribution in [1.82, 2.24) is 65.4 Å². The summed E-state index contributed by atoms with van der Waals surface area (Å²) in [5.41, 5.74) is 15.0. The molecule has 570 valence electrons. The van der Waals surface area contributed by atoms with Crippen LogP contribution in [-0.2, 0) is 11.3 Å². The lowest BCUT2D eigenvalue weighted by molar-refractivity contribution is 0.101. The molecule has 0 unspecified atom stereocenters. The lowest BCUT2D eigenvalue weighted by Crippen LogP contribution is -2.36. The molecule has 3 amide bonds. The lowest BCUT2D eigenvalue weighted by atomic mass is 9.99. The molecule has 15 heterocycles. The Bertz CT molecular complexity index is 4960. The number of anilines is 8. The van der Waals surface area contributed by atoms with Gasteiger partial charge in [-0.15, -0.1) is 0 Å². The van der Waals surface area contributed by atoms with Crippen molar-refractivity contribution in [3.63, 3.8) is 0 Å². The van der Waals surface area contributed by atoms with Crippen LogP contribution in [-0.4, -0.2) is 175 Å². The van der Waals surface area contributed by atoms with Gasteiger partial charge in [-0.25, -0.2) is 15.0 Å². The molecule has 0 bridgehead atoms. The first-order valence-electron chi connectivity index (χ1n) is 39.6. The van der Waals surface area contributed by atoms with E-state index in [2.05, 4.69) is 145 Å². The van der Waals surface area contributed by atoms with E-state index >= 15 is 0 Å². The number of nitrogens with zero attached hydrogens (tertiary/aromatic N) is 15. The van der Waals surface area contributed by atoms with Gasteiger partial charge in [0.25, 0.3) is 17.7 Å². The first-order chi connectivity index (χ1) is 54.4. The summed E-state index contributed by atoms with van der Waals surface area (Å²) < 4.78 is 5.47. The molecular formula is C86H97N21O4. The second-order valence-electron chi connectivity index (χ2n) is 30.7. The van der Waals surface area contributed by atoms with Crippen molar-refractivity contribution in [3.8, 4) is 33.4 Å². The number of fused-ring (bicyclic) bond motifs is 3. The van der Waals surface area contributed by atoms with Crippen LogP contribution in [0.4, 0.5) is 45.9 Å². The fourth-order valence-electron chi connectivity index (χ4n) is 15.7. The zero-order valence-electron chi connectivity index (χ0n) is 63.5. The zero-order valence-corrected chi connectivity index (χ0v) is 63.5. The van der Waals surface area contributed by atoms with E-state index in [1.807, 2.05) is 128 Å². The number of carbonyl (C=O) groups excluding carboxylic acids is 3. The number of rotatable bonds is 16. The Morgan fingerprint density at radius 2 is 0.730 bits per heavy atom. The highest BCUT2D eigenvalue weighted by Gasteiger charge is 2.25. The van der Waals surface area contributed by atoms with Crippen LogP contribution in [0.3, 0.4) is 0 Å². The average Bonchev–Trinajstić information content (AvgIpc) is 1.68. The summed E-state index contributed by atoms with van der Waals surface area (Å²) in [7, 11) is 0. The van der Waals surface area contributed by atoms with Gasteiger partial charge in [0, 0.05) is 130 Å². The Labute approximate surface area is 646 Å². The number of aromatic nitrogens is 12. The van der Waals surface area contributed by atoms with Crippen LogP contribution in [0.1, 0.15) is 128 Å². The molecule has 0 saturated carbocycles. The van der Waals surface area contributed by atoms with Crippen molar-refractivity contribution in [2.24, 2.45) is 17.8 Å². The molecule has 18 rings (SSSR count). The molecule has 6 N–H and O–H groups in total. The molecular weight excluding hydrogens is 1390 g/mol. The molecule has 0 spiro atoms. The highest BCUT2D eigenvalue weighted by molar-refractivity contribution is 6.13. The van der Waals surface area contributed by atoms with E-state index in [9.17, 15) is 14.4 Å². The molecule has 25 heteroatoms. The van der Waals surface area contributed by atoms with E-state index in [1.54, 1.807) is 18.6 Å². The average molecular weight is 1490 g/mol. The van der Waals surface area contributed by atoms with Crippen molar-refractivity contribution >= 4 is 96.3 Å². The number of H-pyrrole nitrogens is 3. The molecule has 6 fully saturated rings. The van der Waals surface area contributed by atoms with E-state index in [0.717, 1.165) is 211 Å². The molecule has 6 saturated heterocycles. The lowest BCUT2D eigenvalue weighted by Gasteiger charge is -2.31. The van der Waals surface area contributed by atoms with Crippen LogP contribution in [0, 0.1) is 17.8 Å².